The van der Waals surface area contributed by atoms with E-state index in [0.717, 1.165) is 0 Å². The maximum absolute atomic E-state index is 9.36. The molecule has 0 saturated heterocycles. The Hall–Kier alpha value is 0.250. The van der Waals surface area contributed by atoms with E-state index in [1.54, 1.807) is 0 Å². The number of hydrogen-bond acceptors (Lipinski definition) is 1. The van der Waals surface area contributed by atoms with E-state index >= 15 is 0 Å². The first-order valence-electron chi connectivity index (χ1n) is 3.61. The molecule has 0 amide bonds. The van der Waals surface area contributed by atoms with Crippen molar-refractivity contribution in [2.45, 2.75) is 30.7 Å². The van der Waals surface area contributed by atoms with Gasteiger partial charge >= 0.3 is 0 Å². The molecule has 52 valence electrons. The molecule has 2 fully saturated rings. The summed E-state index contributed by atoms with van der Waals surface area (Å²) in [5.41, 5.74) is 0. The second-order valence-electron chi connectivity index (χ2n) is 3.27. The van der Waals surface area contributed by atoms with Crippen LogP contribution in [-0.4, -0.2) is 16.6 Å². The van der Waals surface area contributed by atoms with Crippen molar-refractivity contribution in [3.63, 3.8) is 0 Å². The van der Waals surface area contributed by atoms with Crippen LogP contribution in [0.2, 0.25) is 0 Å². The predicted molar refractivity (Wildman–Crippen MR) is 36.5 cm³/mol. The van der Waals surface area contributed by atoms with Gasteiger partial charge in [0.15, 0.2) is 0 Å². The van der Waals surface area contributed by atoms with Gasteiger partial charge in [-0.15, -0.1) is 11.6 Å². The van der Waals surface area contributed by atoms with Crippen molar-refractivity contribution in [2.24, 2.45) is 11.8 Å². The molecule has 2 bridgehead atoms. The van der Waals surface area contributed by atoms with Crippen molar-refractivity contribution in [1.29, 1.82) is 0 Å². The summed E-state index contributed by atoms with van der Waals surface area (Å²) in [6, 6.07) is 0. The standard InChI is InChI=1S/C7H11ClO/c8-6-4-1-2-5(3-4)7(6)9/h4-7,9H,1-3H2/t4-,5-,6-,7-/m0/s1. The van der Waals surface area contributed by atoms with E-state index in [4.69, 9.17) is 11.6 Å². The lowest BCUT2D eigenvalue weighted by atomic mass is 9.97. The Morgan fingerprint density at radius 1 is 1.22 bits per heavy atom. The lowest BCUT2D eigenvalue weighted by Crippen LogP contribution is -2.27. The molecule has 9 heavy (non-hydrogen) atoms. The van der Waals surface area contributed by atoms with Crippen LogP contribution >= 0.6 is 11.6 Å². The average molecular weight is 147 g/mol. The summed E-state index contributed by atoms with van der Waals surface area (Å²) in [4.78, 5) is 0. The van der Waals surface area contributed by atoms with Crippen molar-refractivity contribution >= 4 is 11.6 Å². The van der Waals surface area contributed by atoms with Crippen LogP contribution in [0.5, 0.6) is 0 Å². The Kier molecular flexibility index (Phi) is 1.24. The van der Waals surface area contributed by atoms with Crippen molar-refractivity contribution in [2.75, 3.05) is 0 Å². The molecule has 1 nitrogen and oxygen atoms in total. The third-order valence-corrected chi connectivity index (χ3v) is 3.39. The van der Waals surface area contributed by atoms with Crippen LogP contribution in [0.4, 0.5) is 0 Å². The Labute approximate surface area is 60.0 Å². The fraction of sp³-hybridized carbons (Fsp3) is 1.00. The highest BCUT2D eigenvalue weighted by molar-refractivity contribution is 6.21. The normalized spacial score (nSPS) is 56.7. The molecule has 0 radical (unpaired) electrons. The van der Waals surface area contributed by atoms with E-state index in [1.807, 2.05) is 0 Å². The summed E-state index contributed by atoms with van der Waals surface area (Å²) in [5, 5.41) is 9.43. The van der Waals surface area contributed by atoms with Crippen LogP contribution in [-0.2, 0) is 0 Å². The molecule has 2 aliphatic carbocycles. The van der Waals surface area contributed by atoms with Gasteiger partial charge in [0.05, 0.1) is 11.5 Å². The van der Waals surface area contributed by atoms with E-state index in [1.165, 1.54) is 19.3 Å². The zero-order valence-corrected chi connectivity index (χ0v) is 6.01. The van der Waals surface area contributed by atoms with Crippen LogP contribution in [0, 0.1) is 11.8 Å². The molecule has 0 aromatic heterocycles. The lowest BCUT2D eigenvalue weighted by Gasteiger charge is -2.20. The molecule has 2 heteroatoms. The number of aliphatic hydroxyl groups is 1. The van der Waals surface area contributed by atoms with Crippen molar-refractivity contribution in [3.05, 3.63) is 0 Å². The zero-order chi connectivity index (χ0) is 6.43. The predicted octanol–water partition coefficient (Wildman–Crippen LogP) is 1.38. The molecule has 2 aliphatic rings. The van der Waals surface area contributed by atoms with E-state index < -0.39 is 0 Å². The minimum atomic E-state index is -0.189. The Bertz CT molecular complexity index is 108. The number of hydrogen-bond donors (Lipinski definition) is 1. The molecular weight excluding hydrogens is 136 g/mol. The Balaban J connectivity index is 2.15. The van der Waals surface area contributed by atoms with Gasteiger partial charge < -0.3 is 5.11 Å². The second-order valence-corrected chi connectivity index (χ2v) is 3.77. The molecule has 1 N–H and O–H groups in total. The Morgan fingerprint density at radius 2 is 1.89 bits per heavy atom. The fourth-order valence-electron chi connectivity index (χ4n) is 2.19. The maximum Gasteiger partial charge on any atom is 0.0734 e. The monoisotopic (exact) mass is 146 g/mol. The first kappa shape index (κ1) is 5.99. The fourth-order valence-corrected chi connectivity index (χ4v) is 2.63. The molecule has 0 aromatic carbocycles. The van der Waals surface area contributed by atoms with Crippen LogP contribution in [0.25, 0.3) is 0 Å². The van der Waals surface area contributed by atoms with Gasteiger partial charge in [-0.05, 0) is 31.1 Å². The van der Waals surface area contributed by atoms with Crippen molar-refractivity contribution < 1.29 is 5.11 Å². The lowest BCUT2D eigenvalue weighted by molar-refractivity contribution is 0.117. The van der Waals surface area contributed by atoms with E-state index in [2.05, 4.69) is 0 Å². The minimum absolute atomic E-state index is 0.0729. The third kappa shape index (κ3) is 0.714. The van der Waals surface area contributed by atoms with Crippen LogP contribution in [0.15, 0.2) is 0 Å². The molecule has 0 spiro atoms. The van der Waals surface area contributed by atoms with Crippen molar-refractivity contribution in [1.82, 2.24) is 0 Å². The van der Waals surface area contributed by atoms with Gasteiger partial charge in [0, 0.05) is 0 Å². The summed E-state index contributed by atoms with van der Waals surface area (Å²) in [7, 11) is 0. The summed E-state index contributed by atoms with van der Waals surface area (Å²) in [6.45, 7) is 0. The molecule has 0 aromatic rings. The summed E-state index contributed by atoms with van der Waals surface area (Å²) < 4.78 is 0. The molecular formula is C7H11ClO. The van der Waals surface area contributed by atoms with Gasteiger partial charge in [-0.2, -0.15) is 0 Å². The van der Waals surface area contributed by atoms with Gasteiger partial charge in [-0.1, -0.05) is 0 Å². The number of aliphatic hydroxyl groups excluding tert-OH is 1. The van der Waals surface area contributed by atoms with Crippen LogP contribution in [0.1, 0.15) is 19.3 Å². The topological polar surface area (TPSA) is 20.2 Å². The highest BCUT2D eigenvalue weighted by atomic mass is 35.5. The minimum Gasteiger partial charge on any atom is -0.391 e. The smallest absolute Gasteiger partial charge is 0.0734 e. The number of alkyl halides is 1. The second kappa shape index (κ2) is 1.86. The number of rotatable bonds is 0. The van der Waals surface area contributed by atoms with Crippen molar-refractivity contribution in [3.8, 4) is 0 Å². The molecule has 0 heterocycles. The largest absolute Gasteiger partial charge is 0.391 e. The van der Waals surface area contributed by atoms with Gasteiger partial charge in [-0.3, -0.25) is 0 Å². The van der Waals surface area contributed by atoms with Crippen LogP contribution in [0.3, 0.4) is 0 Å². The highest BCUT2D eigenvalue weighted by Gasteiger charge is 2.45. The summed E-state index contributed by atoms with van der Waals surface area (Å²) in [5.74, 6) is 1.17. The summed E-state index contributed by atoms with van der Waals surface area (Å²) in [6.07, 6.45) is 3.44. The van der Waals surface area contributed by atoms with Crippen LogP contribution < -0.4 is 0 Å². The molecule has 2 rings (SSSR count). The molecule has 0 unspecified atom stereocenters. The van der Waals surface area contributed by atoms with E-state index in [-0.39, 0.29) is 11.5 Å². The SMILES string of the molecule is O[C@H]1[C@H]2CC[C@@H](C2)[C@@H]1Cl. The Morgan fingerprint density at radius 3 is 2.22 bits per heavy atom. The van der Waals surface area contributed by atoms with E-state index in [0.29, 0.717) is 11.8 Å². The van der Waals surface area contributed by atoms with Gasteiger partial charge in [0.2, 0.25) is 0 Å². The molecule has 4 atom stereocenters. The highest BCUT2D eigenvalue weighted by Crippen LogP contribution is 2.46. The van der Waals surface area contributed by atoms with Gasteiger partial charge in [0.25, 0.3) is 0 Å². The van der Waals surface area contributed by atoms with E-state index in [9.17, 15) is 5.11 Å². The van der Waals surface area contributed by atoms with Gasteiger partial charge in [0.1, 0.15) is 0 Å². The first-order valence-corrected chi connectivity index (χ1v) is 4.05. The first-order chi connectivity index (χ1) is 4.29. The van der Waals surface area contributed by atoms with Gasteiger partial charge in [-0.25, -0.2) is 0 Å². The third-order valence-electron chi connectivity index (χ3n) is 2.77. The zero-order valence-electron chi connectivity index (χ0n) is 5.26. The molecule has 0 aliphatic heterocycles. The number of fused-ring (bicyclic) bond motifs is 2. The maximum atomic E-state index is 9.36. The average Bonchev–Trinajstić information content (AvgIpc) is 2.37. The quantitative estimate of drug-likeness (QED) is 0.512. The number of halogens is 1. The summed E-state index contributed by atoms with van der Waals surface area (Å²) >= 11 is 5.91. The molecule has 2 saturated carbocycles.